The van der Waals surface area contributed by atoms with Crippen molar-refractivity contribution in [3.63, 3.8) is 0 Å². The van der Waals surface area contributed by atoms with Crippen LogP contribution in [0.2, 0.25) is 0 Å². The first-order chi connectivity index (χ1) is 8.15. The number of rotatable bonds is 2. The normalized spacial score (nSPS) is 17.9. The number of piperazine rings is 1. The summed E-state index contributed by atoms with van der Waals surface area (Å²) >= 11 is 0. The van der Waals surface area contributed by atoms with Crippen LogP contribution in [-0.4, -0.2) is 49.4 Å². The summed E-state index contributed by atoms with van der Waals surface area (Å²) in [7, 11) is 2.06. The van der Waals surface area contributed by atoms with Gasteiger partial charge in [0.1, 0.15) is 11.6 Å². The molecule has 0 spiro atoms. The molecule has 0 atom stereocenters. The smallest absolute Gasteiger partial charge is 0.134 e. The van der Waals surface area contributed by atoms with Gasteiger partial charge in [0.25, 0.3) is 0 Å². The molecule has 1 aliphatic rings. The second kappa shape index (κ2) is 5.23. The molecular weight excluding hydrogens is 224 g/mol. The number of halogens is 2. The van der Waals surface area contributed by atoms with Crippen molar-refractivity contribution in [1.82, 2.24) is 9.91 Å². The molecule has 0 amide bonds. The number of hydrogen-bond acceptors (Lipinski definition) is 3. The zero-order chi connectivity index (χ0) is 12.3. The van der Waals surface area contributed by atoms with Crippen LogP contribution in [0.5, 0.6) is 0 Å². The Morgan fingerprint density at radius 2 is 1.88 bits per heavy atom. The number of hydrogen-bond donors (Lipinski definition) is 0. The number of likely N-dealkylation sites (N-methyl/N-ethyl adjacent to an activating group) is 1. The topological polar surface area (TPSA) is 18.8 Å². The summed E-state index contributed by atoms with van der Waals surface area (Å²) in [5.41, 5.74) is 0.310. The van der Waals surface area contributed by atoms with E-state index in [0.717, 1.165) is 32.2 Å². The molecule has 5 heteroatoms. The van der Waals surface area contributed by atoms with Crippen LogP contribution in [0.1, 0.15) is 5.56 Å². The highest BCUT2D eigenvalue weighted by atomic mass is 19.1. The second-order valence-electron chi connectivity index (χ2n) is 4.17. The number of nitrogens with zero attached hydrogens (tertiary/aromatic N) is 3. The van der Waals surface area contributed by atoms with Gasteiger partial charge in [-0.2, -0.15) is 5.10 Å². The van der Waals surface area contributed by atoms with Gasteiger partial charge in [-0.3, -0.25) is 5.01 Å². The molecule has 1 aromatic carbocycles. The Kier molecular flexibility index (Phi) is 3.68. The van der Waals surface area contributed by atoms with Gasteiger partial charge in [0.05, 0.1) is 6.21 Å². The maximum absolute atomic E-state index is 13.3. The van der Waals surface area contributed by atoms with Crippen molar-refractivity contribution < 1.29 is 8.78 Å². The second-order valence-corrected chi connectivity index (χ2v) is 4.17. The Bertz CT molecular complexity index is 412. The Morgan fingerprint density at radius 1 is 1.18 bits per heavy atom. The van der Waals surface area contributed by atoms with E-state index in [1.807, 2.05) is 5.01 Å². The van der Waals surface area contributed by atoms with Crippen molar-refractivity contribution in [1.29, 1.82) is 0 Å². The molecule has 3 nitrogen and oxygen atoms in total. The summed E-state index contributed by atoms with van der Waals surface area (Å²) in [5.74, 6) is -1.15. The molecule has 0 radical (unpaired) electrons. The van der Waals surface area contributed by atoms with E-state index in [2.05, 4.69) is 17.0 Å². The molecule has 0 N–H and O–H groups in total. The first kappa shape index (κ1) is 12.0. The molecule has 0 saturated carbocycles. The summed E-state index contributed by atoms with van der Waals surface area (Å²) in [6.45, 7) is 3.55. The van der Waals surface area contributed by atoms with Gasteiger partial charge in [0.2, 0.25) is 0 Å². The average Bonchev–Trinajstić information content (AvgIpc) is 2.30. The molecule has 0 aromatic heterocycles. The van der Waals surface area contributed by atoms with Crippen LogP contribution in [0.15, 0.2) is 23.3 Å². The predicted molar refractivity (Wildman–Crippen MR) is 63.0 cm³/mol. The van der Waals surface area contributed by atoms with E-state index in [-0.39, 0.29) is 0 Å². The van der Waals surface area contributed by atoms with E-state index in [1.165, 1.54) is 18.3 Å². The lowest BCUT2D eigenvalue weighted by Crippen LogP contribution is -2.41. The van der Waals surface area contributed by atoms with Gasteiger partial charge in [-0.05, 0) is 19.2 Å². The summed E-state index contributed by atoms with van der Waals surface area (Å²) in [4.78, 5) is 2.21. The van der Waals surface area contributed by atoms with Gasteiger partial charge >= 0.3 is 0 Å². The molecule has 1 aliphatic heterocycles. The van der Waals surface area contributed by atoms with Gasteiger partial charge in [-0.1, -0.05) is 0 Å². The Hall–Kier alpha value is -1.49. The molecule has 17 heavy (non-hydrogen) atoms. The molecule has 1 saturated heterocycles. The van der Waals surface area contributed by atoms with E-state index in [0.29, 0.717) is 5.56 Å². The fourth-order valence-electron chi connectivity index (χ4n) is 1.66. The molecule has 1 heterocycles. The van der Waals surface area contributed by atoms with Crippen LogP contribution in [-0.2, 0) is 0 Å². The van der Waals surface area contributed by atoms with Crippen LogP contribution in [0, 0.1) is 11.6 Å². The van der Waals surface area contributed by atoms with Crippen molar-refractivity contribution in [2.75, 3.05) is 33.2 Å². The van der Waals surface area contributed by atoms with Crippen molar-refractivity contribution in [2.45, 2.75) is 0 Å². The maximum Gasteiger partial charge on any atom is 0.134 e. The minimum atomic E-state index is -0.581. The molecular formula is C12H15F2N3. The predicted octanol–water partition coefficient (Wildman–Crippen LogP) is 1.55. The summed E-state index contributed by atoms with van der Waals surface area (Å²) in [6, 6.07) is 3.49. The third-order valence-corrected chi connectivity index (χ3v) is 2.80. The summed E-state index contributed by atoms with van der Waals surface area (Å²) < 4.78 is 26.0. The van der Waals surface area contributed by atoms with E-state index in [4.69, 9.17) is 0 Å². The van der Waals surface area contributed by atoms with E-state index < -0.39 is 11.6 Å². The van der Waals surface area contributed by atoms with Crippen molar-refractivity contribution in [2.24, 2.45) is 5.10 Å². The first-order valence-electron chi connectivity index (χ1n) is 5.57. The van der Waals surface area contributed by atoms with Gasteiger partial charge in [-0.15, -0.1) is 0 Å². The minimum Gasteiger partial charge on any atom is -0.303 e. The van der Waals surface area contributed by atoms with Crippen molar-refractivity contribution in [3.05, 3.63) is 35.4 Å². The lowest BCUT2D eigenvalue weighted by atomic mass is 10.2. The van der Waals surface area contributed by atoms with Crippen LogP contribution >= 0.6 is 0 Å². The van der Waals surface area contributed by atoms with Gasteiger partial charge in [0.15, 0.2) is 0 Å². The molecule has 0 unspecified atom stereocenters. The molecule has 2 rings (SSSR count). The van der Waals surface area contributed by atoms with Gasteiger partial charge in [-0.25, -0.2) is 8.78 Å². The minimum absolute atomic E-state index is 0.310. The highest BCUT2D eigenvalue weighted by Gasteiger charge is 2.11. The van der Waals surface area contributed by atoms with Crippen molar-refractivity contribution in [3.8, 4) is 0 Å². The summed E-state index contributed by atoms with van der Waals surface area (Å²) in [5, 5.41) is 6.09. The standard InChI is InChI=1S/C12H15F2N3/c1-16-4-6-17(7-5-16)15-9-10-2-3-11(13)8-12(10)14/h2-3,8-9H,4-7H2,1H3/b15-9-. The maximum atomic E-state index is 13.3. The third-order valence-electron chi connectivity index (χ3n) is 2.80. The molecule has 1 aromatic rings. The van der Waals surface area contributed by atoms with Crippen LogP contribution in [0.25, 0.3) is 0 Å². The average molecular weight is 239 g/mol. The van der Waals surface area contributed by atoms with Gasteiger partial charge in [0, 0.05) is 37.8 Å². The highest BCUT2D eigenvalue weighted by Crippen LogP contribution is 2.08. The Balaban J connectivity index is 2.00. The Labute approximate surface area is 99.3 Å². The van der Waals surface area contributed by atoms with Crippen LogP contribution in [0.4, 0.5) is 8.78 Å². The largest absolute Gasteiger partial charge is 0.303 e. The van der Waals surface area contributed by atoms with E-state index in [1.54, 1.807) is 0 Å². The zero-order valence-corrected chi connectivity index (χ0v) is 9.74. The lowest BCUT2D eigenvalue weighted by Gasteiger charge is -2.30. The fraction of sp³-hybridized carbons (Fsp3) is 0.417. The molecule has 0 bridgehead atoms. The quantitative estimate of drug-likeness (QED) is 0.729. The third kappa shape index (κ3) is 3.23. The van der Waals surface area contributed by atoms with Crippen molar-refractivity contribution >= 4 is 6.21 Å². The number of hydrazone groups is 1. The van der Waals surface area contributed by atoms with Gasteiger partial charge < -0.3 is 4.90 Å². The van der Waals surface area contributed by atoms with E-state index >= 15 is 0 Å². The first-order valence-corrected chi connectivity index (χ1v) is 5.57. The van der Waals surface area contributed by atoms with Crippen LogP contribution < -0.4 is 0 Å². The fourth-order valence-corrected chi connectivity index (χ4v) is 1.66. The molecule has 1 fully saturated rings. The lowest BCUT2D eigenvalue weighted by molar-refractivity contribution is 0.159. The molecule has 92 valence electrons. The monoisotopic (exact) mass is 239 g/mol. The summed E-state index contributed by atoms with van der Waals surface area (Å²) in [6.07, 6.45) is 1.44. The highest BCUT2D eigenvalue weighted by molar-refractivity contribution is 5.79. The molecule has 0 aliphatic carbocycles. The Morgan fingerprint density at radius 3 is 2.53 bits per heavy atom. The van der Waals surface area contributed by atoms with E-state index in [9.17, 15) is 8.78 Å². The SMILES string of the molecule is CN1CCN(/N=C\c2ccc(F)cc2F)CC1. The zero-order valence-electron chi connectivity index (χ0n) is 9.74. The number of benzene rings is 1. The van der Waals surface area contributed by atoms with Crippen LogP contribution in [0.3, 0.4) is 0 Å².